The fraction of sp³-hybridized carbons (Fsp3) is 0.0244. The van der Waals surface area contributed by atoms with Crippen molar-refractivity contribution in [2.75, 3.05) is 0 Å². The van der Waals surface area contributed by atoms with Crippen molar-refractivity contribution in [1.29, 1.82) is 0 Å². The number of nitrogens with zero attached hydrogens (tertiary/aromatic N) is 4. The van der Waals surface area contributed by atoms with E-state index in [-0.39, 0.29) is 0 Å². The molecule has 4 nitrogen and oxygen atoms in total. The lowest BCUT2D eigenvalue weighted by atomic mass is 9.95. The Morgan fingerprint density at radius 2 is 1.02 bits per heavy atom. The van der Waals surface area contributed by atoms with Gasteiger partial charge < -0.3 is 0 Å². The van der Waals surface area contributed by atoms with Crippen LogP contribution in [0.2, 0.25) is 0 Å². The van der Waals surface area contributed by atoms with Gasteiger partial charge in [0.1, 0.15) is 0 Å². The Balaban J connectivity index is 1.36. The average Bonchev–Trinajstić information content (AvgIpc) is 3.12. The van der Waals surface area contributed by atoms with Gasteiger partial charge in [-0.15, -0.1) is 0 Å². The summed E-state index contributed by atoms with van der Waals surface area (Å²) in [5.41, 5.74) is 12.8. The molecule has 0 spiro atoms. The molecule has 0 aliphatic carbocycles. The van der Waals surface area contributed by atoms with Crippen LogP contribution in [0.5, 0.6) is 0 Å². The normalized spacial score (nSPS) is 11.1. The minimum atomic E-state index is 0.798. The number of hydrogen-bond acceptors (Lipinski definition) is 4. The van der Waals surface area contributed by atoms with E-state index in [1.807, 2.05) is 48.5 Å². The Kier molecular flexibility index (Phi) is 7.85. The highest BCUT2D eigenvalue weighted by molar-refractivity contribution is 5.82. The van der Waals surface area contributed by atoms with Gasteiger partial charge in [-0.1, -0.05) is 97.1 Å². The van der Waals surface area contributed by atoms with Crippen molar-refractivity contribution in [3.05, 3.63) is 169 Å². The van der Waals surface area contributed by atoms with E-state index in [0.717, 1.165) is 67.5 Å². The maximum Gasteiger partial charge on any atom is 0.0900 e. The topological polar surface area (TPSA) is 51.6 Å². The summed E-state index contributed by atoms with van der Waals surface area (Å²) in [6.45, 7) is 2.15. The number of aromatic nitrogens is 4. The maximum absolute atomic E-state index is 5.19. The van der Waals surface area contributed by atoms with E-state index in [0.29, 0.717) is 0 Å². The van der Waals surface area contributed by atoms with Crippen LogP contribution >= 0.6 is 0 Å². The standard InChI is InChI=1S/C41H30N4/c1-29-35(31-15-6-3-7-16-31)28-39(44-36(29)22-21-30-13-4-2-5-14-30)33-18-12-17-32(25-33)34-26-40(37-19-8-10-23-42-37)45-41(27-34)38-20-9-11-24-43-38/h2-28H,1H3/b22-21-. The van der Waals surface area contributed by atoms with Crippen LogP contribution in [0, 0.1) is 6.92 Å². The zero-order valence-corrected chi connectivity index (χ0v) is 24.9. The summed E-state index contributed by atoms with van der Waals surface area (Å²) in [4.78, 5) is 19.3. The van der Waals surface area contributed by atoms with Crippen LogP contribution in [0.3, 0.4) is 0 Å². The molecule has 0 amide bonds. The lowest BCUT2D eigenvalue weighted by Crippen LogP contribution is -1.96. The van der Waals surface area contributed by atoms with Gasteiger partial charge in [-0.3, -0.25) is 9.97 Å². The third-order valence-corrected chi connectivity index (χ3v) is 7.80. The summed E-state index contributed by atoms with van der Waals surface area (Å²) in [5, 5.41) is 0. The molecule has 4 heteroatoms. The van der Waals surface area contributed by atoms with E-state index in [4.69, 9.17) is 9.97 Å². The number of pyridine rings is 4. The van der Waals surface area contributed by atoms with Gasteiger partial charge in [0, 0.05) is 18.0 Å². The van der Waals surface area contributed by atoms with E-state index in [9.17, 15) is 0 Å². The van der Waals surface area contributed by atoms with Gasteiger partial charge in [-0.05, 0) is 94.9 Å². The van der Waals surface area contributed by atoms with Crippen molar-refractivity contribution >= 4 is 12.2 Å². The summed E-state index contributed by atoms with van der Waals surface area (Å²) in [6.07, 6.45) is 7.83. The highest BCUT2D eigenvalue weighted by atomic mass is 14.8. The van der Waals surface area contributed by atoms with E-state index in [2.05, 4.69) is 120 Å². The van der Waals surface area contributed by atoms with E-state index in [1.165, 1.54) is 5.56 Å². The smallest absolute Gasteiger partial charge is 0.0900 e. The van der Waals surface area contributed by atoms with Gasteiger partial charge >= 0.3 is 0 Å². The monoisotopic (exact) mass is 578 g/mol. The summed E-state index contributed by atoms with van der Waals surface area (Å²) < 4.78 is 0. The van der Waals surface area contributed by atoms with Gasteiger partial charge in [-0.2, -0.15) is 0 Å². The first-order valence-corrected chi connectivity index (χ1v) is 15.0. The second-order valence-electron chi connectivity index (χ2n) is 10.8. The molecular weight excluding hydrogens is 548 g/mol. The van der Waals surface area contributed by atoms with Gasteiger partial charge in [-0.25, -0.2) is 9.97 Å². The summed E-state index contributed by atoms with van der Waals surface area (Å²) in [6, 6.07) is 47.6. The lowest BCUT2D eigenvalue weighted by molar-refractivity contribution is 1.22. The Labute approximate surface area is 263 Å². The van der Waals surface area contributed by atoms with Crippen molar-refractivity contribution in [3.63, 3.8) is 0 Å². The van der Waals surface area contributed by atoms with Crippen molar-refractivity contribution in [2.45, 2.75) is 6.92 Å². The molecule has 0 unspecified atom stereocenters. The number of rotatable bonds is 7. The fourth-order valence-corrected chi connectivity index (χ4v) is 5.44. The van der Waals surface area contributed by atoms with Crippen LogP contribution in [-0.2, 0) is 0 Å². The Bertz CT molecular complexity index is 2030. The van der Waals surface area contributed by atoms with Crippen LogP contribution in [0.1, 0.15) is 16.8 Å². The van der Waals surface area contributed by atoms with E-state index < -0.39 is 0 Å². The first kappa shape index (κ1) is 27.8. The van der Waals surface area contributed by atoms with Gasteiger partial charge in [0.05, 0.1) is 34.2 Å². The quantitative estimate of drug-likeness (QED) is 0.189. The molecule has 0 saturated carbocycles. The predicted octanol–water partition coefficient (Wildman–Crippen LogP) is 10.1. The SMILES string of the molecule is Cc1c(-c2ccccc2)cc(-c2cccc(-c3cc(-c4ccccn4)nc(-c4ccccn4)c3)c2)nc1/C=C\c1ccccc1. The molecule has 0 bridgehead atoms. The Hall–Kier alpha value is -6.00. The Morgan fingerprint density at radius 1 is 0.422 bits per heavy atom. The Morgan fingerprint density at radius 3 is 1.67 bits per heavy atom. The fourth-order valence-electron chi connectivity index (χ4n) is 5.44. The second kappa shape index (κ2) is 12.7. The van der Waals surface area contributed by atoms with Gasteiger partial charge in [0.25, 0.3) is 0 Å². The van der Waals surface area contributed by atoms with Crippen LogP contribution in [0.4, 0.5) is 0 Å². The molecule has 0 N–H and O–H groups in total. The maximum atomic E-state index is 5.19. The van der Waals surface area contributed by atoms with E-state index >= 15 is 0 Å². The number of hydrogen-bond donors (Lipinski definition) is 0. The molecular formula is C41H30N4. The van der Waals surface area contributed by atoms with Crippen molar-refractivity contribution in [3.8, 4) is 56.3 Å². The molecule has 214 valence electrons. The van der Waals surface area contributed by atoms with Crippen molar-refractivity contribution < 1.29 is 0 Å². The third-order valence-electron chi connectivity index (χ3n) is 7.80. The molecule has 45 heavy (non-hydrogen) atoms. The summed E-state index contributed by atoms with van der Waals surface area (Å²) in [7, 11) is 0. The highest BCUT2D eigenvalue weighted by Gasteiger charge is 2.14. The lowest BCUT2D eigenvalue weighted by Gasteiger charge is -2.14. The zero-order valence-electron chi connectivity index (χ0n) is 24.9. The van der Waals surface area contributed by atoms with Crippen molar-refractivity contribution in [1.82, 2.24) is 19.9 Å². The molecule has 4 aromatic heterocycles. The minimum Gasteiger partial charge on any atom is -0.255 e. The average molecular weight is 579 g/mol. The van der Waals surface area contributed by atoms with Crippen LogP contribution in [-0.4, -0.2) is 19.9 Å². The van der Waals surface area contributed by atoms with Crippen LogP contribution in [0.15, 0.2) is 152 Å². The minimum absolute atomic E-state index is 0.798. The second-order valence-corrected chi connectivity index (χ2v) is 10.8. The van der Waals surface area contributed by atoms with E-state index in [1.54, 1.807) is 12.4 Å². The third kappa shape index (κ3) is 6.22. The predicted molar refractivity (Wildman–Crippen MR) is 185 cm³/mol. The van der Waals surface area contributed by atoms with Crippen LogP contribution < -0.4 is 0 Å². The molecule has 0 atom stereocenters. The molecule has 0 aliphatic heterocycles. The first-order valence-electron chi connectivity index (χ1n) is 15.0. The summed E-state index contributed by atoms with van der Waals surface area (Å²) in [5.74, 6) is 0. The highest BCUT2D eigenvalue weighted by Crippen LogP contribution is 2.34. The van der Waals surface area contributed by atoms with Crippen molar-refractivity contribution in [2.24, 2.45) is 0 Å². The van der Waals surface area contributed by atoms with Gasteiger partial charge in [0.2, 0.25) is 0 Å². The first-order chi connectivity index (χ1) is 22.2. The zero-order chi connectivity index (χ0) is 30.4. The molecule has 0 saturated heterocycles. The molecule has 7 rings (SSSR count). The molecule has 3 aromatic carbocycles. The molecule has 0 aliphatic rings. The number of benzene rings is 3. The largest absolute Gasteiger partial charge is 0.255 e. The molecule has 0 fully saturated rings. The summed E-state index contributed by atoms with van der Waals surface area (Å²) >= 11 is 0. The molecule has 4 heterocycles. The molecule has 0 radical (unpaired) electrons. The van der Waals surface area contributed by atoms with Crippen LogP contribution in [0.25, 0.3) is 68.4 Å². The molecule has 7 aromatic rings. The van der Waals surface area contributed by atoms with Gasteiger partial charge in [0.15, 0.2) is 0 Å².